The highest BCUT2D eigenvalue weighted by Gasteiger charge is 2.37. The largest absolute Gasteiger partial charge is 0.463 e. The van der Waals surface area contributed by atoms with Crippen molar-refractivity contribution in [3.63, 3.8) is 0 Å². The second kappa shape index (κ2) is 4.16. The number of hydrogen-bond acceptors (Lipinski definition) is 2. The Balaban J connectivity index is 1.83. The first-order valence-electron chi connectivity index (χ1n) is 5.64. The van der Waals surface area contributed by atoms with Crippen molar-refractivity contribution in [2.45, 2.75) is 32.6 Å². The average molecular weight is 194 g/mol. The highest BCUT2D eigenvalue weighted by atomic mass is 16.5. The summed E-state index contributed by atoms with van der Waals surface area (Å²) < 4.78 is 4.86. The van der Waals surface area contributed by atoms with E-state index in [2.05, 4.69) is 6.08 Å². The van der Waals surface area contributed by atoms with E-state index in [4.69, 9.17) is 4.74 Å². The first-order valence-corrected chi connectivity index (χ1v) is 5.64. The molecule has 0 heterocycles. The molecular formula is C12H18O2. The molecule has 0 aliphatic heterocycles. The van der Waals surface area contributed by atoms with Gasteiger partial charge in [0.15, 0.2) is 0 Å². The van der Waals surface area contributed by atoms with Crippen LogP contribution in [0.2, 0.25) is 0 Å². The first kappa shape index (κ1) is 9.75. The van der Waals surface area contributed by atoms with Crippen molar-refractivity contribution in [3.05, 3.63) is 12.2 Å². The van der Waals surface area contributed by atoms with Crippen LogP contribution in [0.25, 0.3) is 0 Å². The van der Waals surface area contributed by atoms with Crippen LogP contribution < -0.4 is 0 Å². The maximum atomic E-state index is 11.1. The molecule has 2 fully saturated rings. The Morgan fingerprint density at radius 1 is 1.43 bits per heavy atom. The lowest BCUT2D eigenvalue weighted by atomic mass is 9.89. The molecule has 2 aliphatic carbocycles. The molecule has 2 aliphatic rings. The van der Waals surface area contributed by atoms with Crippen LogP contribution in [0, 0.1) is 17.8 Å². The normalized spacial score (nSPS) is 35.4. The van der Waals surface area contributed by atoms with Gasteiger partial charge in [-0.3, -0.25) is 0 Å². The van der Waals surface area contributed by atoms with Crippen LogP contribution in [-0.2, 0) is 9.53 Å². The molecule has 3 atom stereocenters. The molecule has 2 saturated carbocycles. The van der Waals surface area contributed by atoms with Crippen molar-refractivity contribution in [1.29, 1.82) is 0 Å². The summed E-state index contributed by atoms with van der Waals surface area (Å²) in [5.74, 6) is 2.26. The van der Waals surface area contributed by atoms with E-state index >= 15 is 0 Å². The van der Waals surface area contributed by atoms with Gasteiger partial charge in [0.2, 0.25) is 0 Å². The summed E-state index contributed by atoms with van der Waals surface area (Å²) in [6.45, 7) is 2.31. The Bertz CT molecular complexity index is 245. The minimum Gasteiger partial charge on any atom is -0.463 e. The van der Waals surface area contributed by atoms with E-state index in [1.165, 1.54) is 25.7 Å². The molecule has 2 nitrogen and oxygen atoms in total. The summed E-state index contributed by atoms with van der Waals surface area (Å²) in [6.07, 6.45) is 9.14. The Morgan fingerprint density at radius 2 is 2.29 bits per heavy atom. The highest BCUT2D eigenvalue weighted by Crippen LogP contribution is 2.48. The molecule has 0 saturated heterocycles. The van der Waals surface area contributed by atoms with Crippen molar-refractivity contribution in [3.8, 4) is 0 Å². The summed E-state index contributed by atoms with van der Waals surface area (Å²) >= 11 is 0. The smallest absolute Gasteiger partial charge is 0.330 e. The average Bonchev–Trinajstić information content (AvgIpc) is 2.76. The highest BCUT2D eigenvalue weighted by molar-refractivity contribution is 5.81. The zero-order valence-electron chi connectivity index (χ0n) is 8.74. The van der Waals surface area contributed by atoms with Crippen molar-refractivity contribution < 1.29 is 9.53 Å². The van der Waals surface area contributed by atoms with Crippen LogP contribution in [0.4, 0.5) is 0 Å². The number of allylic oxidation sites excluding steroid dienone is 1. The fraction of sp³-hybridized carbons (Fsp3) is 0.750. The van der Waals surface area contributed by atoms with Crippen LogP contribution in [0.15, 0.2) is 12.2 Å². The van der Waals surface area contributed by atoms with E-state index in [-0.39, 0.29) is 5.97 Å². The molecule has 78 valence electrons. The molecule has 0 aromatic carbocycles. The van der Waals surface area contributed by atoms with Crippen LogP contribution >= 0.6 is 0 Å². The van der Waals surface area contributed by atoms with Gasteiger partial charge in [0.05, 0.1) is 6.61 Å². The molecule has 0 radical (unpaired) electrons. The summed E-state index contributed by atoms with van der Waals surface area (Å²) in [6, 6.07) is 0. The van der Waals surface area contributed by atoms with Crippen molar-refractivity contribution in [1.82, 2.24) is 0 Å². The van der Waals surface area contributed by atoms with Crippen molar-refractivity contribution in [2.75, 3.05) is 6.61 Å². The van der Waals surface area contributed by atoms with E-state index in [9.17, 15) is 4.79 Å². The monoisotopic (exact) mass is 194 g/mol. The number of carbonyl (C=O) groups excluding carboxylic acids is 1. The van der Waals surface area contributed by atoms with E-state index in [0.29, 0.717) is 12.5 Å². The van der Waals surface area contributed by atoms with Crippen LogP contribution in [0.1, 0.15) is 32.6 Å². The van der Waals surface area contributed by atoms with Gasteiger partial charge < -0.3 is 4.74 Å². The molecule has 2 heteroatoms. The number of rotatable bonds is 3. The van der Waals surface area contributed by atoms with Gasteiger partial charge in [0, 0.05) is 6.08 Å². The predicted octanol–water partition coefficient (Wildman–Crippen LogP) is 2.54. The molecule has 0 N–H and O–H groups in total. The number of fused-ring (bicyclic) bond motifs is 2. The zero-order chi connectivity index (χ0) is 9.97. The maximum Gasteiger partial charge on any atom is 0.330 e. The SMILES string of the molecule is CCOC(=O)/C=C/[C@H]1C[C@H]2CC[C@@H]1C2. The lowest BCUT2D eigenvalue weighted by Crippen LogP contribution is -2.08. The molecule has 2 rings (SSSR count). The lowest BCUT2D eigenvalue weighted by molar-refractivity contribution is -0.137. The number of carbonyl (C=O) groups is 1. The van der Waals surface area contributed by atoms with Gasteiger partial charge in [0.1, 0.15) is 0 Å². The third-order valence-electron chi connectivity index (χ3n) is 3.56. The number of ether oxygens (including phenoxy) is 1. The van der Waals surface area contributed by atoms with E-state index < -0.39 is 0 Å². The minimum atomic E-state index is -0.185. The second-order valence-electron chi connectivity index (χ2n) is 4.45. The Labute approximate surface area is 85.3 Å². The van der Waals surface area contributed by atoms with Gasteiger partial charge in [0.25, 0.3) is 0 Å². The molecule has 14 heavy (non-hydrogen) atoms. The lowest BCUT2D eigenvalue weighted by Gasteiger charge is -2.17. The van der Waals surface area contributed by atoms with Gasteiger partial charge in [-0.15, -0.1) is 0 Å². The van der Waals surface area contributed by atoms with E-state index in [1.807, 2.05) is 6.92 Å². The predicted molar refractivity (Wildman–Crippen MR) is 54.7 cm³/mol. The molecule has 0 aromatic heterocycles. The Kier molecular flexibility index (Phi) is 2.90. The topological polar surface area (TPSA) is 26.3 Å². The van der Waals surface area contributed by atoms with Crippen LogP contribution in [0.5, 0.6) is 0 Å². The summed E-state index contributed by atoms with van der Waals surface area (Å²) in [5.41, 5.74) is 0. The molecular weight excluding hydrogens is 176 g/mol. The van der Waals surface area contributed by atoms with Crippen molar-refractivity contribution in [2.24, 2.45) is 17.8 Å². The van der Waals surface area contributed by atoms with Crippen molar-refractivity contribution >= 4 is 5.97 Å². The molecule has 0 aromatic rings. The third-order valence-corrected chi connectivity index (χ3v) is 3.56. The quantitative estimate of drug-likeness (QED) is 0.510. The zero-order valence-corrected chi connectivity index (χ0v) is 8.74. The summed E-state index contributed by atoms with van der Waals surface area (Å²) in [7, 11) is 0. The minimum absolute atomic E-state index is 0.185. The Hall–Kier alpha value is -0.790. The second-order valence-corrected chi connectivity index (χ2v) is 4.45. The molecule has 0 unspecified atom stereocenters. The fourth-order valence-corrected chi connectivity index (χ4v) is 2.92. The molecule has 0 amide bonds. The Morgan fingerprint density at radius 3 is 2.86 bits per heavy atom. The third kappa shape index (κ3) is 1.99. The van der Waals surface area contributed by atoms with E-state index in [0.717, 1.165) is 11.8 Å². The standard InChI is InChI=1S/C12H18O2/c1-2-14-12(13)6-5-11-8-9-3-4-10(11)7-9/h5-6,9-11H,2-4,7-8H2,1H3/b6-5+/t9-,10+,11-/m0/s1. The number of hydrogen-bond donors (Lipinski definition) is 0. The van der Waals surface area contributed by atoms with Gasteiger partial charge in [-0.25, -0.2) is 4.79 Å². The van der Waals surface area contributed by atoms with Gasteiger partial charge in [-0.1, -0.05) is 12.5 Å². The molecule has 0 spiro atoms. The first-order chi connectivity index (χ1) is 6.79. The van der Waals surface area contributed by atoms with Gasteiger partial charge >= 0.3 is 5.97 Å². The molecule has 2 bridgehead atoms. The van der Waals surface area contributed by atoms with Gasteiger partial charge in [-0.05, 0) is 43.9 Å². The fourth-order valence-electron chi connectivity index (χ4n) is 2.92. The number of esters is 1. The van der Waals surface area contributed by atoms with Crippen LogP contribution in [-0.4, -0.2) is 12.6 Å². The van der Waals surface area contributed by atoms with Crippen LogP contribution in [0.3, 0.4) is 0 Å². The van der Waals surface area contributed by atoms with E-state index in [1.54, 1.807) is 6.08 Å². The maximum absolute atomic E-state index is 11.1. The summed E-state index contributed by atoms with van der Waals surface area (Å²) in [4.78, 5) is 11.1. The van der Waals surface area contributed by atoms with Gasteiger partial charge in [-0.2, -0.15) is 0 Å². The summed E-state index contributed by atoms with van der Waals surface area (Å²) in [5, 5.41) is 0.